The summed E-state index contributed by atoms with van der Waals surface area (Å²) in [5.41, 5.74) is 0. The normalized spacial score (nSPS) is 19.6. The molecular formula is C14H22N2O2S2. The first-order valence-electron chi connectivity index (χ1n) is 6.96. The number of nitrogens with zero attached hydrogens (tertiary/aromatic N) is 1. The minimum absolute atomic E-state index is 0.0786. The first-order chi connectivity index (χ1) is 9.61. The maximum absolute atomic E-state index is 13.0. The first kappa shape index (κ1) is 15.8. The molecule has 6 heteroatoms. The zero-order chi connectivity index (χ0) is 14.6. The zero-order valence-corrected chi connectivity index (χ0v) is 13.6. The van der Waals surface area contributed by atoms with Crippen molar-refractivity contribution in [2.45, 2.75) is 35.6 Å². The van der Waals surface area contributed by atoms with Gasteiger partial charge >= 0.3 is 0 Å². The van der Waals surface area contributed by atoms with Gasteiger partial charge in [-0.1, -0.05) is 19.1 Å². The van der Waals surface area contributed by atoms with Gasteiger partial charge in [0.25, 0.3) is 0 Å². The zero-order valence-electron chi connectivity index (χ0n) is 12.0. The molecule has 1 saturated heterocycles. The smallest absolute Gasteiger partial charge is 0.244 e. The monoisotopic (exact) mass is 314 g/mol. The van der Waals surface area contributed by atoms with Crippen molar-refractivity contribution in [3.8, 4) is 0 Å². The Morgan fingerprint density at radius 2 is 2.15 bits per heavy atom. The minimum Gasteiger partial charge on any atom is -0.315 e. The molecule has 0 bridgehead atoms. The molecule has 1 N–H and O–H groups in total. The summed E-state index contributed by atoms with van der Waals surface area (Å²) in [5.74, 6) is 0. The van der Waals surface area contributed by atoms with Gasteiger partial charge < -0.3 is 5.32 Å². The van der Waals surface area contributed by atoms with E-state index in [2.05, 4.69) is 5.32 Å². The number of hydrogen-bond acceptors (Lipinski definition) is 4. The highest BCUT2D eigenvalue weighted by molar-refractivity contribution is 7.99. The molecule has 1 aliphatic rings. The molecule has 4 nitrogen and oxygen atoms in total. The van der Waals surface area contributed by atoms with Crippen molar-refractivity contribution in [2.24, 2.45) is 0 Å². The van der Waals surface area contributed by atoms with Crippen molar-refractivity contribution in [2.75, 3.05) is 25.9 Å². The predicted molar refractivity (Wildman–Crippen MR) is 83.7 cm³/mol. The fourth-order valence-electron chi connectivity index (χ4n) is 2.56. The lowest BCUT2D eigenvalue weighted by Crippen LogP contribution is -2.42. The van der Waals surface area contributed by atoms with Crippen LogP contribution >= 0.6 is 11.8 Å². The standard InChI is InChI=1S/C14H22N2O2S2/c1-3-10-16(12-8-9-15-11-12)20(17,18)14-7-5-4-6-13(14)19-2/h4-7,12,15H,3,8-11H2,1-2H3. The van der Waals surface area contributed by atoms with Gasteiger partial charge in [0.1, 0.15) is 0 Å². The third kappa shape index (κ3) is 3.19. The van der Waals surface area contributed by atoms with E-state index in [0.717, 1.165) is 30.8 Å². The molecule has 1 fully saturated rings. The highest BCUT2D eigenvalue weighted by atomic mass is 32.2. The molecule has 0 saturated carbocycles. The Balaban J connectivity index is 2.39. The van der Waals surface area contributed by atoms with E-state index in [4.69, 9.17) is 0 Å². The summed E-state index contributed by atoms with van der Waals surface area (Å²) in [6.45, 7) is 4.24. The molecule has 1 aromatic carbocycles. The SMILES string of the molecule is CCCN(C1CCNC1)S(=O)(=O)c1ccccc1SC. The number of sulfonamides is 1. The van der Waals surface area contributed by atoms with Crippen LogP contribution in [0, 0.1) is 0 Å². The van der Waals surface area contributed by atoms with Crippen molar-refractivity contribution < 1.29 is 8.42 Å². The topological polar surface area (TPSA) is 49.4 Å². The molecule has 1 atom stereocenters. The molecule has 0 spiro atoms. The van der Waals surface area contributed by atoms with E-state index in [1.165, 1.54) is 11.8 Å². The number of benzene rings is 1. The Kier molecular flexibility index (Phi) is 5.49. The van der Waals surface area contributed by atoms with E-state index < -0.39 is 10.0 Å². The van der Waals surface area contributed by atoms with Crippen LogP contribution in [0.15, 0.2) is 34.1 Å². The lowest BCUT2D eigenvalue weighted by atomic mass is 10.2. The van der Waals surface area contributed by atoms with Crippen LogP contribution in [-0.2, 0) is 10.0 Å². The molecule has 2 rings (SSSR count). The summed E-state index contributed by atoms with van der Waals surface area (Å²) >= 11 is 1.48. The summed E-state index contributed by atoms with van der Waals surface area (Å²) in [5, 5.41) is 3.25. The number of thioether (sulfide) groups is 1. The largest absolute Gasteiger partial charge is 0.315 e. The van der Waals surface area contributed by atoms with Crippen LogP contribution < -0.4 is 5.32 Å². The average Bonchev–Trinajstić information content (AvgIpc) is 2.98. The Morgan fingerprint density at radius 3 is 2.75 bits per heavy atom. The second kappa shape index (κ2) is 6.93. The first-order valence-corrected chi connectivity index (χ1v) is 9.63. The Bertz CT molecular complexity index is 540. The molecule has 0 aromatic heterocycles. The summed E-state index contributed by atoms with van der Waals surface area (Å²) in [4.78, 5) is 1.26. The van der Waals surface area contributed by atoms with Crippen molar-refractivity contribution in [1.82, 2.24) is 9.62 Å². The van der Waals surface area contributed by atoms with Gasteiger partial charge in [-0.05, 0) is 37.8 Å². The molecule has 112 valence electrons. The van der Waals surface area contributed by atoms with Crippen LogP contribution in [0.5, 0.6) is 0 Å². The number of rotatable bonds is 6. The van der Waals surface area contributed by atoms with E-state index in [1.54, 1.807) is 16.4 Å². The van der Waals surface area contributed by atoms with E-state index in [9.17, 15) is 8.42 Å². The van der Waals surface area contributed by atoms with Gasteiger partial charge in [-0.25, -0.2) is 8.42 Å². The van der Waals surface area contributed by atoms with E-state index >= 15 is 0 Å². The molecule has 0 aliphatic carbocycles. The van der Waals surface area contributed by atoms with Crippen molar-refractivity contribution >= 4 is 21.8 Å². The molecule has 0 radical (unpaired) electrons. The van der Waals surface area contributed by atoms with Crippen molar-refractivity contribution in [3.05, 3.63) is 24.3 Å². The van der Waals surface area contributed by atoms with E-state index in [-0.39, 0.29) is 6.04 Å². The summed E-state index contributed by atoms with van der Waals surface area (Å²) in [7, 11) is -3.42. The van der Waals surface area contributed by atoms with E-state index in [0.29, 0.717) is 11.4 Å². The van der Waals surface area contributed by atoms with Crippen LogP contribution in [0.2, 0.25) is 0 Å². The van der Waals surface area contributed by atoms with Gasteiger partial charge in [-0.3, -0.25) is 0 Å². The van der Waals surface area contributed by atoms with Crippen LogP contribution in [0.1, 0.15) is 19.8 Å². The Hall–Kier alpha value is -0.560. The minimum atomic E-state index is -3.42. The molecule has 1 aromatic rings. The average molecular weight is 314 g/mol. The highest BCUT2D eigenvalue weighted by Crippen LogP contribution is 2.29. The summed E-state index contributed by atoms with van der Waals surface area (Å²) < 4.78 is 27.6. The molecular weight excluding hydrogens is 292 g/mol. The predicted octanol–water partition coefficient (Wildman–Crippen LogP) is 2.17. The number of nitrogens with one attached hydrogen (secondary N) is 1. The van der Waals surface area contributed by atoms with Crippen LogP contribution in [0.4, 0.5) is 0 Å². The van der Waals surface area contributed by atoms with Gasteiger partial charge in [0.2, 0.25) is 10.0 Å². The highest BCUT2D eigenvalue weighted by Gasteiger charge is 2.33. The van der Waals surface area contributed by atoms with Gasteiger partial charge in [0.05, 0.1) is 4.90 Å². The molecule has 1 aliphatic heterocycles. The maximum Gasteiger partial charge on any atom is 0.244 e. The molecule has 20 heavy (non-hydrogen) atoms. The molecule has 1 unspecified atom stereocenters. The van der Waals surface area contributed by atoms with Gasteiger partial charge in [0, 0.05) is 24.0 Å². The van der Waals surface area contributed by atoms with Crippen LogP contribution in [-0.4, -0.2) is 44.7 Å². The molecule has 0 amide bonds. The number of hydrogen-bond donors (Lipinski definition) is 1. The van der Waals surface area contributed by atoms with Crippen molar-refractivity contribution in [1.29, 1.82) is 0 Å². The van der Waals surface area contributed by atoms with Crippen molar-refractivity contribution in [3.63, 3.8) is 0 Å². The van der Waals surface area contributed by atoms with Gasteiger partial charge in [-0.2, -0.15) is 4.31 Å². The summed E-state index contributed by atoms with van der Waals surface area (Å²) in [6.07, 6.45) is 3.63. The van der Waals surface area contributed by atoms with Gasteiger partial charge in [0.15, 0.2) is 0 Å². The molecule has 1 heterocycles. The Morgan fingerprint density at radius 1 is 1.40 bits per heavy atom. The third-order valence-corrected chi connectivity index (χ3v) is 6.48. The maximum atomic E-state index is 13.0. The van der Waals surface area contributed by atoms with E-state index in [1.807, 2.05) is 25.3 Å². The second-order valence-corrected chi connectivity index (χ2v) is 7.62. The lowest BCUT2D eigenvalue weighted by Gasteiger charge is -2.28. The fourth-order valence-corrected chi connectivity index (χ4v) is 5.43. The van der Waals surface area contributed by atoms with Crippen LogP contribution in [0.3, 0.4) is 0 Å². The quantitative estimate of drug-likeness (QED) is 0.818. The second-order valence-electron chi connectivity index (χ2n) is 4.91. The van der Waals surface area contributed by atoms with Crippen LogP contribution in [0.25, 0.3) is 0 Å². The lowest BCUT2D eigenvalue weighted by molar-refractivity contribution is 0.334. The van der Waals surface area contributed by atoms with Gasteiger partial charge in [-0.15, -0.1) is 11.8 Å². The third-order valence-electron chi connectivity index (χ3n) is 3.54. The fraction of sp³-hybridized carbons (Fsp3) is 0.571. The Labute approximate surface area is 126 Å². The summed E-state index contributed by atoms with van der Waals surface area (Å²) in [6, 6.07) is 7.34.